The molecule has 0 saturated heterocycles. The van der Waals surface area contributed by atoms with Crippen LogP contribution in [0.1, 0.15) is 32.4 Å². The summed E-state index contributed by atoms with van der Waals surface area (Å²) >= 11 is 1.53. The average molecular weight is 404 g/mol. The number of hydrogen-bond donors (Lipinski definition) is 0. The van der Waals surface area contributed by atoms with Gasteiger partial charge < -0.3 is 23.8 Å². The van der Waals surface area contributed by atoms with Gasteiger partial charge in [0.15, 0.2) is 16.7 Å². The van der Waals surface area contributed by atoms with Crippen LogP contribution in [0.4, 0.5) is 0 Å². The van der Waals surface area contributed by atoms with E-state index < -0.39 is 6.04 Å². The zero-order chi connectivity index (χ0) is 20.4. The number of nitrogens with zero attached hydrogens (tertiary/aromatic N) is 2. The van der Waals surface area contributed by atoms with Gasteiger partial charge in [-0.15, -0.1) is 0 Å². The molecule has 0 spiro atoms. The molecule has 2 heterocycles. The SMILES string of the molecule is CCOC(=O)C1=C(C)N=C2SC=C(C)N2C1c1cc(OC)c(OC)c(OC)c1. The van der Waals surface area contributed by atoms with Crippen LogP contribution in [0.2, 0.25) is 0 Å². The van der Waals surface area contributed by atoms with Crippen LogP contribution in [0.15, 0.2) is 39.5 Å². The highest BCUT2D eigenvalue weighted by Crippen LogP contribution is 2.47. The second-order valence-electron chi connectivity index (χ2n) is 6.22. The fraction of sp³-hybridized carbons (Fsp3) is 0.400. The number of aliphatic imine (C=N–C) groups is 1. The predicted octanol–water partition coefficient (Wildman–Crippen LogP) is 3.87. The molecule has 0 bridgehead atoms. The first-order valence-electron chi connectivity index (χ1n) is 8.85. The van der Waals surface area contributed by atoms with Crippen LogP contribution in [-0.4, -0.2) is 44.0 Å². The molecule has 0 radical (unpaired) electrons. The van der Waals surface area contributed by atoms with Gasteiger partial charge in [0.2, 0.25) is 5.75 Å². The maximum atomic E-state index is 12.8. The number of carbonyl (C=O) groups is 1. The monoisotopic (exact) mass is 404 g/mol. The predicted molar refractivity (Wildman–Crippen MR) is 109 cm³/mol. The highest BCUT2D eigenvalue weighted by molar-refractivity contribution is 8.16. The van der Waals surface area contributed by atoms with Crippen molar-refractivity contribution in [2.75, 3.05) is 27.9 Å². The normalized spacial score (nSPS) is 18.4. The maximum absolute atomic E-state index is 12.8. The van der Waals surface area contributed by atoms with E-state index >= 15 is 0 Å². The van der Waals surface area contributed by atoms with Crippen LogP contribution >= 0.6 is 11.8 Å². The lowest BCUT2D eigenvalue weighted by Gasteiger charge is -2.35. The fourth-order valence-electron chi connectivity index (χ4n) is 3.37. The summed E-state index contributed by atoms with van der Waals surface area (Å²) in [6.07, 6.45) is 0. The Morgan fingerprint density at radius 1 is 1.14 bits per heavy atom. The maximum Gasteiger partial charge on any atom is 0.338 e. The third-order valence-electron chi connectivity index (χ3n) is 4.60. The summed E-state index contributed by atoms with van der Waals surface area (Å²) < 4.78 is 21.8. The van der Waals surface area contributed by atoms with Gasteiger partial charge in [0.1, 0.15) is 0 Å². The van der Waals surface area contributed by atoms with Crippen LogP contribution in [0, 0.1) is 0 Å². The first-order valence-corrected chi connectivity index (χ1v) is 9.73. The number of ether oxygens (including phenoxy) is 4. The number of carbonyl (C=O) groups excluding carboxylic acids is 1. The Balaban J connectivity index is 2.22. The lowest BCUT2D eigenvalue weighted by atomic mass is 9.93. The molecule has 0 aromatic heterocycles. The van der Waals surface area contributed by atoms with Gasteiger partial charge in [-0.05, 0) is 43.9 Å². The van der Waals surface area contributed by atoms with Crippen LogP contribution in [-0.2, 0) is 9.53 Å². The first-order chi connectivity index (χ1) is 13.5. The van der Waals surface area contributed by atoms with Crippen molar-refractivity contribution in [3.63, 3.8) is 0 Å². The van der Waals surface area contributed by atoms with E-state index in [9.17, 15) is 4.79 Å². The molecule has 1 unspecified atom stereocenters. The molecule has 1 atom stereocenters. The minimum atomic E-state index is -0.411. The van der Waals surface area contributed by atoms with Crippen molar-refractivity contribution in [3.05, 3.63) is 40.1 Å². The van der Waals surface area contributed by atoms with Gasteiger partial charge in [-0.1, -0.05) is 11.8 Å². The standard InChI is InChI=1S/C20H24N2O5S/c1-7-27-19(23)16-12(3)21-20-22(11(2)10-28-20)17(16)13-8-14(24-4)18(26-6)15(9-13)25-5/h8-10,17H,7H2,1-6H3. The van der Waals surface area contributed by atoms with E-state index in [-0.39, 0.29) is 12.6 Å². The molecule has 0 fully saturated rings. The molecule has 0 amide bonds. The lowest BCUT2D eigenvalue weighted by molar-refractivity contribution is -0.139. The molecule has 0 saturated carbocycles. The molecule has 2 aliphatic heterocycles. The number of allylic oxidation sites excluding steroid dienone is 2. The Morgan fingerprint density at radius 2 is 1.79 bits per heavy atom. The van der Waals surface area contributed by atoms with Crippen LogP contribution < -0.4 is 14.2 Å². The highest BCUT2D eigenvalue weighted by Gasteiger charge is 2.40. The van der Waals surface area contributed by atoms with Gasteiger partial charge in [-0.3, -0.25) is 0 Å². The summed E-state index contributed by atoms with van der Waals surface area (Å²) in [4.78, 5) is 19.5. The molecule has 0 N–H and O–H groups in total. The van der Waals surface area contributed by atoms with Gasteiger partial charge in [0.25, 0.3) is 0 Å². The van der Waals surface area contributed by atoms with Gasteiger partial charge in [0.05, 0.1) is 45.2 Å². The summed E-state index contributed by atoms with van der Waals surface area (Å²) in [5, 5.41) is 2.84. The number of amidine groups is 1. The number of methoxy groups -OCH3 is 3. The van der Waals surface area contributed by atoms with E-state index in [1.54, 1.807) is 28.3 Å². The van der Waals surface area contributed by atoms with Gasteiger partial charge in [-0.2, -0.15) is 0 Å². The minimum Gasteiger partial charge on any atom is -0.493 e. The molecule has 8 heteroatoms. The number of hydrogen-bond acceptors (Lipinski definition) is 8. The smallest absolute Gasteiger partial charge is 0.338 e. The van der Waals surface area contributed by atoms with E-state index in [0.29, 0.717) is 28.5 Å². The van der Waals surface area contributed by atoms with Gasteiger partial charge >= 0.3 is 5.97 Å². The van der Waals surface area contributed by atoms with Crippen molar-refractivity contribution >= 4 is 22.9 Å². The van der Waals surface area contributed by atoms with Gasteiger partial charge in [-0.25, -0.2) is 9.79 Å². The largest absolute Gasteiger partial charge is 0.493 e. The average Bonchev–Trinajstić information content (AvgIpc) is 3.05. The van der Waals surface area contributed by atoms with Crippen LogP contribution in [0.3, 0.4) is 0 Å². The quantitative estimate of drug-likeness (QED) is 0.667. The second kappa shape index (κ2) is 8.18. The van der Waals surface area contributed by atoms with Crippen molar-refractivity contribution in [3.8, 4) is 17.2 Å². The summed E-state index contributed by atoms with van der Waals surface area (Å²) in [5.41, 5.74) is 2.95. The topological polar surface area (TPSA) is 69.6 Å². The second-order valence-corrected chi connectivity index (χ2v) is 7.06. The number of esters is 1. The fourth-order valence-corrected chi connectivity index (χ4v) is 4.31. The molecular formula is C20H24N2O5S. The molecule has 2 aliphatic rings. The van der Waals surface area contributed by atoms with Gasteiger partial charge in [0, 0.05) is 5.70 Å². The molecular weight excluding hydrogens is 380 g/mol. The van der Waals surface area contributed by atoms with Crippen molar-refractivity contribution in [2.24, 2.45) is 4.99 Å². The highest BCUT2D eigenvalue weighted by atomic mass is 32.2. The molecule has 7 nitrogen and oxygen atoms in total. The summed E-state index contributed by atoms with van der Waals surface area (Å²) in [7, 11) is 4.70. The van der Waals surface area contributed by atoms with E-state index in [0.717, 1.165) is 16.4 Å². The van der Waals surface area contributed by atoms with Crippen LogP contribution in [0.5, 0.6) is 17.2 Å². The third-order valence-corrected chi connectivity index (χ3v) is 5.56. The first kappa shape index (κ1) is 20.1. The Labute approximate surface area is 169 Å². The van der Waals surface area contributed by atoms with Crippen molar-refractivity contribution in [1.82, 2.24) is 4.90 Å². The summed E-state index contributed by atoms with van der Waals surface area (Å²) in [6.45, 7) is 5.90. The number of benzene rings is 1. The van der Waals surface area contributed by atoms with Crippen molar-refractivity contribution in [2.45, 2.75) is 26.8 Å². The van der Waals surface area contributed by atoms with Crippen molar-refractivity contribution < 1.29 is 23.7 Å². The molecule has 0 aliphatic carbocycles. The zero-order valence-corrected chi connectivity index (χ0v) is 17.7. The Morgan fingerprint density at radius 3 is 2.32 bits per heavy atom. The van der Waals surface area contributed by atoms with Crippen molar-refractivity contribution in [1.29, 1.82) is 0 Å². The Kier molecular flexibility index (Phi) is 5.88. The number of fused-ring (bicyclic) bond motifs is 1. The minimum absolute atomic E-state index is 0.289. The molecule has 28 heavy (non-hydrogen) atoms. The Bertz CT molecular complexity index is 866. The summed E-state index contributed by atoms with van der Waals surface area (Å²) in [6, 6.07) is 3.31. The van der Waals surface area contributed by atoms with E-state index in [4.69, 9.17) is 18.9 Å². The molecule has 1 aromatic carbocycles. The third kappa shape index (κ3) is 3.32. The Hall–Kier alpha value is -2.61. The van der Waals surface area contributed by atoms with E-state index in [1.165, 1.54) is 11.8 Å². The van der Waals surface area contributed by atoms with E-state index in [1.807, 2.05) is 36.3 Å². The van der Waals surface area contributed by atoms with E-state index in [2.05, 4.69) is 4.99 Å². The zero-order valence-electron chi connectivity index (χ0n) is 16.9. The molecule has 150 valence electrons. The number of thioether (sulfide) groups is 1. The molecule has 3 rings (SSSR count). The van der Waals surface area contributed by atoms with Crippen LogP contribution in [0.25, 0.3) is 0 Å². The summed E-state index contributed by atoms with van der Waals surface area (Å²) in [5.74, 6) is 1.16. The molecule has 1 aromatic rings. The number of rotatable bonds is 6. The lowest BCUT2D eigenvalue weighted by Crippen LogP contribution is -2.36.